The lowest BCUT2D eigenvalue weighted by molar-refractivity contribution is -0.221. The fourth-order valence-corrected chi connectivity index (χ4v) is 3.66. The third-order valence-electron chi connectivity index (χ3n) is 4.39. The number of rotatable bonds is 2. The Bertz CT molecular complexity index is 586. The molecule has 6 heteroatoms. The highest BCUT2D eigenvalue weighted by Gasteiger charge is 2.41. The Kier molecular flexibility index (Phi) is 5.38. The van der Waals surface area contributed by atoms with Crippen LogP contribution in [0.1, 0.15) is 47.0 Å². The van der Waals surface area contributed by atoms with Crippen LogP contribution < -0.4 is 11.1 Å². The highest BCUT2D eigenvalue weighted by atomic mass is 79.9. The van der Waals surface area contributed by atoms with Gasteiger partial charge in [-0.1, -0.05) is 22.0 Å². The van der Waals surface area contributed by atoms with Gasteiger partial charge in [-0.2, -0.15) is 5.06 Å². The number of guanidine groups is 1. The summed E-state index contributed by atoms with van der Waals surface area (Å²) in [5.41, 5.74) is 6.37. The van der Waals surface area contributed by atoms with Gasteiger partial charge < -0.3 is 16.3 Å². The van der Waals surface area contributed by atoms with Gasteiger partial charge in [0.25, 0.3) is 0 Å². The van der Waals surface area contributed by atoms with E-state index in [-0.39, 0.29) is 17.1 Å². The number of hydrogen-bond acceptors (Lipinski definition) is 3. The zero-order chi connectivity index (χ0) is 17.3. The van der Waals surface area contributed by atoms with E-state index in [1.165, 1.54) is 5.06 Å². The molecule has 1 saturated heterocycles. The Labute approximate surface area is 147 Å². The highest BCUT2D eigenvalue weighted by Crippen LogP contribution is 2.36. The van der Waals surface area contributed by atoms with Crippen molar-refractivity contribution in [2.75, 3.05) is 5.32 Å². The van der Waals surface area contributed by atoms with Crippen LogP contribution in [0.5, 0.6) is 0 Å². The lowest BCUT2D eigenvalue weighted by atomic mass is 9.94. The molecule has 1 aliphatic rings. The molecule has 0 radical (unpaired) electrons. The van der Waals surface area contributed by atoms with Gasteiger partial charge in [-0.3, -0.25) is 0 Å². The molecule has 1 heterocycles. The van der Waals surface area contributed by atoms with Crippen LogP contribution in [0.15, 0.2) is 33.7 Å². The van der Waals surface area contributed by atoms with E-state index >= 15 is 0 Å². The quantitative estimate of drug-likeness (QED) is 0.534. The van der Waals surface area contributed by atoms with Gasteiger partial charge in [0.2, 0.25) is 0 Å². The molecule has 128 valence electrons. The summed E-state index contributed by atoms with van der Waals surface area (Å²) in [7, 11) is 0. The third-order valence-corrected chi connectivity index (χ3v) is 4.88. The van der Waals surface area contributed by atoms with E-state index in [1.807, 2.05) is 38.1 Å². The zero-order valence-corrected chi connectivity index (χ0v) is 15.9. The molecule has 4 N–H and O–H groups in total. The number of nitrogens with two attached hydrogens (primary N) is 1. The number of nitrogens with one attached hydrogen (secondary N) is 1. The standard InChI is InChI=1S/C17H27BrN4O/c1-16(2)9-8-14(11-17(3,4)22(16)23)21-15(19)20-13-7-5-6-12(18)10-13/h5-7,10,14,23H,8-9,11H2,1-4H3,(H3,19,20,21). The van der Waals surface area contributed by atoms with Gasteiger partial charge in [0, 0.05) is 21.2 Å². The Morgan fingerprint density at radius 2 is 2.04 bits per heavy atom. The predicted molar refractivity (Wildman–Crippen MR) is 98.8 cm³/mol. The molecule has 1 aliphatic heterocycles. The topological polar surface area (TPSA) is 73.9 Å². The molecule has 1 fully saturated rings. The molecule has 0 saturated carbocycles. The van der Waals surface area contributed by atoms with Crippen molar-refractivity contribution in [2.45, 2.75) is 64.1 Å². The molecule has 0 aliphatic carbocycles. The van der Waals surface area contributed by atoms with E-state index in [1.54, 1.807) is 0 Å². The lowest BCUT2D eigenvalue weighted by Gasteiger charge is -2.42. The third kappa shape index (κ3) is 4.68. The Balaban J connectivity index is 2.12. The predicted octanol–water partition coefficient (Wildman–Crippen LogP) is 3.98. The van der Waals surface area contributed by atoms with Crippen molar-refractivity contribution < 1.29 is 5.21 Å². The first-order valence-electron chi connectivity index (χ1n) is 7.95. The highest BCUT2D eigenvalue weighted by molar-refractivity contribution is 9.10. The van der Waals surface area contributed by atoms with Gasteiger partial charge in [0.1, 0.15) is 0 Å². The summed E-state index contributed by atoms with van der Waals surface area (Å²) in [4.78, 5) is 4.65. The van der Waals surface area contributed by atoms with Gasteiger partial charge in [-0.25, -0.2) is 4.99 Å². The second kappa shape index (κ2) is 6.79. The first-order chi connectivity index (χ1) is 10.6. The minimum atomic E-state index is -0.343. The first kappa shape index (κ1) is 18.2. The molecular formula is C17H27BrN4O. The van der Waals surface area contributed by atoms with Crippen molar-refractivity contribution in [3.05, 3.63) is 28.7 Å². The number of aliphatic imine (C=N–C) groups is 1. The molecular weight excluding hydrogens is 356 g/mol. The van der Waals surface area contributed by atoms with Crippen LogP contribution in [-0.4, -0.2) is 33.3 Å². The van der Waals surface area contributed by atoms with Crippen LogP contribution in [-0.2, 0) is 0 Å². The number of hydroxylamine groups is 2. The normalized spacial score (nSPS) is 25.0. The van der Waals surface area contributed by atoms with Gasteiger partial charge >= 0.3 is 0 Å². The number of hydrogen-bond donors (Lipinski definition) is 3. The summed E-state index contributed by atoms with van der Waals surface area (Å²) < 4.78 is 0.989. The number of anilines is 1. The number of halogens is 1. The second-order valence-electron chi connectivity index (χ2n) is 7.48. The monoisotopic (exact) mass is 382 g/mol. The van der Waals surface area contributed by atoms with E-state index in [9.17, 15) is 5.21 Å². The number of nitrogens with zero attached hydrogens (tertiary/aromatic N) is 2. The molecule has 2 rings (SSSR count). The van der Waals surface area contributed by atoms with Crippen LogP contribution in [0.4, 0.5) is 5.69 Å². The average molecular weight is 383 g/mol. The molecule has 0 bridgehead atoms. The van der Waals surface area contributed by atoms with Crippen molar-refractivity contribution in [2.24, 2.45) is 10.7 Å². The molecule has 1 atom stereocenters. The largest absolute Gasteiger partial charge is 0.370 e. The molecule has 1 unspecified atom stereocenters. The summed E-state index contributed by atoms with van der Waals surface area (Å²) in [6.45, 7) is 8.20. The fourth-order valence-electron chi connectivity index (χ4n) is 3.26. The summed E-state index contributed by atoms with van der Waals surface area (Å²) >= 11 is 3.44. The van der Waals surface area contributed by atoms with Crippen molar-refractivity contribution in [1.82, 2.24) is 5.06 Å². The van der Waals surface area contributed by atoms with E-state index in [0.717, 1.165) is 29.4 Å². The molecule has 0 aromatic heterocycles. The first-order valence-corrected chi connectivity index (χ1v) is 8.74. The van der Waals surface area contributed by atoms with Crippen molar-refractivity contribution >= 4 is 27.6 Å². The summed E-state index contributed by atoms with van der Waals surface area (Å²) in [5, 5.41) is 15.1. The van der Waals surface area contributed by atoms with Crippen LogP contribution in [0.2, 0.25) is 0 Å². The van der Waals surface area contributed by atoms with Crippen LogP contribution in [0, 0.1) is 0 Å². The molecule has 1 aromatic rings. The summed E-state index contributed by atoms with van der Waals surface area (Å²) in [5.74, 6) is 0.410. The maximum atomic E-state index is 10.5. The van der Waals surface area contributed by atoms with Crippen LogP contribution in [0.3, 0.4) is 0 Å². The molecule has 5 nitrogen and oxygen atoms in total. The SMILES string of the molecule is CC1(C)CCC(N=C(N)Nc2cccc(Br)c2)CC(C)(C)N1O. The van der Waals surface area contributed by atoms with Gasteiger partial charge in [-0.05, 0) is 65.2 Å². The second-order valence-corrected chi connectivity index (χ2v) is 8.40. The Hall–Kier alpha value is -1.11. The fraction of sp³-hybridized carbons (Fsp3) is 0.588. The molecule has 23 heavy (non-hydrogen) atoms. The molecule has 0 amide bonds. The Morgan fingerprint density at radius 1 is 1.35 bits per heavy atom. The smallest absolute Gasteiger partial charge is 0.193 e. The van der Waals surface area contributed by atoms with E-state index in [4.69, 9.17) is 5.73 Å². The lowest BCUT2D eigenvalue weighted by Crippen LogP contribution is -2.52. The maximum absolute atomic E-state index is 10.5. The van der Waals surface area contributed by atoms with E-state index in [0.29, 0.717) is 5.96 Å². The van der Waals surface area contributed by atoms with Gasteiger partial charge in [0.05, 0.1) is 6.04 Å². The van der Waals surface area contributed by atoms with Crippen molar-refractivity contribution in [3.8, 4) is 0 Å². The molecule has 1 aromatic carbocycles. The minimum Gasteiger partial charge on any atom is -0.370 e. The van der Waals surface area contributed by atoms with E-state index in [2.05, 4.69) is 40.1 Å². The van der Waals surface area contributed by atoms with Gasteiger partial charge in [0.15, 0.2) is 5.96 Å². The van der Waals surface area contributed by atoms with Crippen molar-refractivity contribution in [3.63, 3.8) is 0 Å². The molecule has 0 spiro atoms. The zero-order valence-electron chi connectivity index (χ0n) is 14.3. The summed E-state index contributed by atoms with van der Waals surface area (Å²) in [6.07, 6.45) is 2.52. The van der Waals surface area contributed by atoms with Crippen molar-refractivity contribution in [1.29, 1.82) is 0 Å². The Morgan fingerprint density at radius 3 is 2.70 bits per heavy atom. The van der Waals surface area contributed by atoms with Crippen LogP contribution in [0.25, 0.3) is 0 Å². The summed E-state index contributed by atoms with van der Waals surface area (Å²) in [6, 6.07) is 7.90. The van der Waals surface area contributed by atoms with Gasteiger partial charge in [-0.15, -0.1) is 0 Å². The maximum Gasteiger partial charge on any atom is 0.193 e. The minimum absolute atomic E-state index is 0.0843. The number of benzene rings is 1. The average Bonchev–Trinajstić information content (AvgIpc) is 2.49. The van der Waals surface area contributed by atoms with E-state index < -0.39 is 0 Å². The van der Waals surface area contributed by atoms with Crippen LogP contribution >= 0.6 is 15.9 Å².